The highest BCUT2D eigenvalue weighted by Gasteiger charge is 2.26. The summed E-state index contributed by atoms with van der Waals surface area (Å²) in [5.74, 6) is 1.43. The van der Waals surface area contributed by atoms with Crippen LogP contribution in [0.2, 0.25) is 0 Å². The maximum Gasteiger partial charge on any atom is 0.227 e. The van der Waals surface area contributed by atoms with E-state index in [2.05, 4.69) is 10.3 Å². The summed E-state index contributed by atoms with van der Waals surface area (Å²) in [7, 11) is 1.63. The van der Waals surface area contributed by atoms with E-state index < -0.39 is 0 Å². The standard InChI is InChI=1S/C16H18N2O3S/c1-10-7-17-15(22-10)8-18-16(19)12-5-11-6-13(20-2)3-4-14(11)21-9-12/h3-4,6-7,12H,5,8-9H2,1-2H3,(H,18,19)/t12-/m0/s1. The van der Waals surface area contributed by atoms with E-state index in [1.165, 1.54) is 0 Å². The Morgan fingerprint density at radius 1 is 1.55 bits per heavy atom. The van der Waals surface area contributed by atoms with E-state index in [1.54, 1.807) is 18.4 Å². The summed E-state index contributed by atoms with van der Waals surface area (Å²) in [6.07, 6.45) is 2.48. The van der Waals surface area contributed by atoms with Crippen LogP contribution in [0, 0.1) is 12.8 Å². The average molecular weight is 318 g/mol. The Morgan fingerprint density at radius 3 is 3.14 bits per heavy atom. The first-order valence-electron chi connectivity index (χ1n) is 7.14. The van der Waals surface area contributed by atoms with Crippen LogP contribution in [0.3, 0.4) is 0 Å². The molecule has 5 nitrogen and oxygen atoms in total. The van der Waals surface area contributed by atoms with Crippen molar-refractivity contribution in [1.82, 2.24) is 10.3 Å². The zero-order chi connectivity index (χ0) is 15.5. The van der Waals surface area contributed by atoms with E-state index in [4.69, 9.17) is 9.47 Å². The lowest BCUT2D eigenvalue weighted by atomic mass is 9.96. The number of aromatic nitrogens is 1. The van der Waals surface area contributed by atoms with Crippen molar-refractivity contribution in [2.45, 2.75) is 19.9 Å². The molecule has 22 heavy (non-hydrogen) atoms. The maximum absolute atomic E-state index is 12.3. The molecule has 1 aliphatic heterocycles. The van der Waals surface area contributed by atoms with Gasteiger partial charge in [-0.1, -0.05) is 0 Å². The monoisotopic (exact) mass is 318 g/mol. The maximum atomic E-state index is 12.3. The SMILES string of the molecule is COc1ccc2c(c1)C[C@H](C(=O)NCc1ncc(C)s1)CO2. The van der Waals surface area contributed by atoms with Gasteiger partial charge in [0.05, 0.1) is 19.6 Å². The quantitative estimate of drug-likeness (QED) is 0.940. The number of nitrogens with one attached hydrogen (secondary N) is 1. The van der Waals surface area contributed by atoms with Gasteiger partial charge in [-0.05, 0) is 37.1 Å². The van der Waals surface area contributed by atoms with Crippen LogP contribution < -0.4 is 14.8 Å². The molecule has 1 N–H and O–H groups in total. The Kier molecular flexibility index (Phi) is 4.29. The first-order valence-corrected chi connectivity index (χ1v) is 7.96. The van der Waals surface area contributed by atoms with Crippen LogP contribution in [0.25, 0.3) is 0 Å². The lowest BCUT2D eigenvalue weighted by Gasteiger charge is -2.24. The summed E-state index contributed by atoms with van der Waals surface area (Å²) < 4.78 is 10.9. The highest BCUT2D eigenvalue weighted by atomic mass is 32.1. The highest BCUT2D eigenvalue weighted by molar-refractivity contribution is 7.11. The number of amides is 1. The van der Waals surface area contributed by atoms with Gasteiger partial charge in [-0.25, -0.2) is 4.98 Å². The summed E-state index contributed by atoms with van der Waals surface area (Å²) in [6.45, 7) is 2.88. The number of rotatable bonds is 4. The van der Waals surface area contributed by atoms with Gasteiger partial charge < -0.3 is 14.8 Å². The third-order valence-corrected chi connectivity index (χ3v) is 4.54. The third-order valence-electron chi connectivity index (χ3n) is 3.63. The number of thiazole rings is 1. The number of carbonyl (C=O) groups is 1. The van der Waals surface area contributed by atoms with Crippen LogP contribution >= 0.6 is 11.3 Å². The molecule has 0 bridgehead atoms. The second-order valence-electron chi connectivity index (χ2n) is 5.27. The average Bonchev–Trinajstić information content (AvgIpc) is 2.97. The number of hydrogen-bond donors (Lipinski definition) is 1. The molecule has 1 atom stereocenters. The lowest BCUT2D eigenvalue weighted by molar-refractivity contribution is -0.126. The van der Waals surface area contributed by atoms with Crippen LogP contribution in [0.1, 0.15) is 15.4 Å². The fourth-order valence-electron chi connectivity index (χ4n) is 2.46. The third kappa shape index (κ3) is 3.22. The molecule has 0 saturated heterocycles. The molecule has 6 heteroatoms. The van der Waals surface area contributed by atoms with E-state index in [0.717, 1.165) is 26.9 Å². The Hall–Kier alpha value is -2.08. The summed E-state index contributed by atoms with van der Waals surface area (Å²) in [4.78, 5) is 17.7. The molecular weight excluding hydrogens is 300 g/mol. The van der Waals surface area contributed by atoms with Crippen LogP contribution in [0.4, 0.5) is 0 Å². The number of fused-ring (bicyclic) bond motifs is 1. The number of aryl methyl sites for hydroxylation is 1. The van der Waals surface area contributed by atoms with Gasteiger partial charge in [0.25, 0.3) is 0 Å². The van der Waals surface area contributed by atoms with Crippen molar-refractivity contribution in [2.75, 3.05) is 13.7 Å². The van der Waals surface area contributed by atoms with Gasteiger partial charge in [0.1, 0.15) is 23.1 Å². The Labute approximate surface area is 133 Å². The topological polar surface area (TPSA) is 60.5 Å². The summed E-state index contributed by atoms with van der Waals surface area (Å²) >= 11 is 1.60. The minimum atomic E-state index is -0.180. The largest absolute Gasteiger partial charge is 0.497 e. The smallest absolute Gasteiger partial charge is 0.227 e. The number of benzene rings is 1. The lowest BCUT2D eigenvalue weighted by Crippen LogP contribution is -2.37. The molecule has 2 heterocycles. The van der Waals surface area contributed by atoms with Crippen LogP contribution in [-0.4, -0.2) is 24.6 Å². The number of methoxy groups -OCH3 is 1. The molecule has 116 valence electrons. The van der Waals surface area contributed by atoms with Gasteiger partial charge in [0, 0.05) is 11.1 Å². The Morgan fingerprint density at radius 2 is 2.41 bits per heavy atom. The molecule has 0 radical (unpaired) electrons. The zero-order valence-corrected chi connectivity index (χ0v) is 13.4. The second kappa shape index (κ2) is 6.36. The molecule has 0 unspecified atom stereocenters. The first-order chi connectivity index (χ1) is 10.7. The van der Waals surface area contributed by atoms with Crippen molar-refractivity contribution in [2.24, 2.45) is 5.92 Å². The summed E-state index contributed by atoms with van der Waals surface area (Å²) in [5, 5.41) is 3.86. The Balaban J connectivity index is 1.62. The van der Waals surface area contributed by atoms with Crippen LogP contribution in [0.15, 0.2) is 24.4 Å². The van der Waals surface area contributed by atoms with E-state index in [-0.39, 0.29) is 11.8 Å². The van der Waals surface area contributed by atoms with Crippen LogP contribution in [-0.2, 0) is 17.8 Å². The van der Waals surface area contributed by atoms with Gasteiger partial charge in [-0.15, -0.1) is 11.3 Å². The molecular formula is C16H18N2O3S. The summed E-state index contributed by atoms with van der Waals surface area (Å²) in [5.41, 5.74) is 1.01. The van der Waals surface area contributed by atoms with Crippen molar-refractivity contribution in [3.63, 3.8) is 0 Å². The van der Waals surface area contributed by atoms with E-state index in [1.807, 2.05) is 31.3 Å². The van der Waals surface area contributed by atoms with Crippen molar-refractivity contribution in [3.05, 3.63) is 39.8 Å². The minimum absolute atomic E-state index is 0.00122. The second-order valence-corrected chi connectivity index (χ2v) is 6.59. The number of carbonyl (C=O) groups excluding carboxylic acids is 1. The molecule has 1 amide bonds. The molecule has 0 fully saturated rings. The Bertz CT molecular complexity index is 684. The van der Waals surface area contributed by atoms with Crippen molar-refractivity contribution in [1.29, 1.82) is 0 Å². The van der Waals surface area contributed by atoms with Gasteiger partial charge in [-0.3, -0.25) is 4.79 Å². The fraction of sp³-hybridized carbons (Fsp3) is 0.375. The molecule has 0 spiro atoms. The van der Waals surface area contributed by atoms with Gasteiger partial charge in [0.15, 0.2) is 0 Å². The minimum Gasteiger partial charge on any atom is -0.497 e. The van der Waals surface area contributed by atoms with E-state index in [9.17, 15) is 4.79 Å². The molecule has 2 aromatic rings. The highest BCUT2D eigenvalue weighted by Crippen LogP contribution is 2.30. The fourth-order valence-corrected chi connectivity index (χ4v) is 3.18. The molecule has 0 aliphatic carbocycles. The molecule has 1 aromatic heterocycles. The zero-order valence-electron chi connectivity index (χ0n) is 12.6. The van der Waals surface area contributed by atoms with E-state index >= 15 is 0 Å². The first kappa shape index (κ1) is 14.8. The predicted octanol–water partition coefficient (Wildman–Crippen LogP) is 2.33. The number of nitrogens with zero attached hydrogens (tertiary/aromatic N) is 1. The number of ether oxygens (including phenoxy) is 2. The van der Waals surface area contributed by atoms with Crippen molar-refractivity contribution < 1.29 is 14.3 Å². The van der Waals surface area contributed by atoms with Crippen LogP contribution in [0.5, 0.6) is 11.5 Å². The van der Waals surface area contributed by atoms with Gasteiger partial charge in [-0.2, -0.15) is 0 Å². The van der Waals surface area contributed by atoms with E-state index in [0.29, 0.717) is 19.6 Å². The predicted molar refractivity (Wildman–Crippen MR) is 84.4 cm³/mol. The van der Waals surface area contributed by atoms with Crippen molar-refractivity contribution in [3.8, 4) is 11.5 Å². The normalized spacial score (nSPS) is 16.5. The van der Waals surface area contributed by atoms with Gasteiger partial charge in [0.2, 0.25) is 5.91 Å². The molecule has 0 saturated carbocycles. The molecule has 3 rings (SSSR count). The summed E-state index contributed by atoms with van der Waals surface area (Å²) in [6, 6.07) is 5.68. The molecule has 1 aromatic carbocycles. The van der Waals surface area contributed by atoms with Gasteiger partial charge >= 0.3 is 0 Å². The number of hydrogen-bond acceptors (Lipinski definition) is 5. The van der Waals surface area contributed by atoms with Crippen molar-refractivity contribution >= 4 is 17.2 Å². The molecule has 1 aliphatic rings.